The summed E-state index contributed by atoms with van der Waals surface area (Å²) in [6.45, 7) is 4.98. The van der Waals surface area contributed by atoms with Crippen LogP contribution in [0.4, 0.5) is 11.4 Å². The molecule has 0 spiro atoms. The number of likely N-dealkylation sites (tertiary alicyclic amines) is 1. The van der Waals surface area contributed by atoms with Gasteiger partial charge in [0.1, 0.15) is 11.5 Å². The molecule has 1 N–H and O–H groups in total. The zero-order valence-corrected chi connectivity index (χ0v) is 24.5. The Bertz CT molecular complexity index is 1540. The van der Waals surface area contributed by atoms with Gasteiger partial charge in [0.2, 0.25) is 0 Å². The fourth-order valence-corrected chi connectivity index (χ4v) is 6.84. The van der Waals surface area contributed by atoms with Gasteiger partial charge in [0.15, 0.2) is 0 Å². The summed E-state index contributed by atoms with van der Waals surface area (Å²) in [5, 5.41) is 3.11. The molecule has 0 saturated carbocycles. The van der Waals surface area contributed by atoms with E-state index in [2.05, 4.69) is 17.1 Å². The molecule has 3 aliphatic rings. The lowest BCUT2D eigenvalue weighted by atomic mass is 9.83. The van der Waals surface area contributed by atoms with Crippen molar-refractivity contribution in [2.24, 2.45) is 5.92 Å². The van der Waals surface area contributed by atoms with Gasteiger partial charge in [-0.15, -0.1) is 0 Å². The molecule has 2 amide bonds. The third-order valence-electron chi connectivity index (χ3n) is 8.99. The first kappa shape index (κ1) is 27.9. The molecule has 0 radical (unpaired) electrons. The highest BCUT2D eigenvalue weighted by atomic mass is 16.5. The van der Waals surface area contributed by atoms with E-state index in [1.807, 2.05) is 39.8 Å². The third kappa shape index (κ3) is 5.35. The van der Waals surface area contributed by atoms with E-state index in [0.29, 0.717) is 47.3 Å². The molecule has 9 nitrogen and oxygen atoms in total. The van der Waals surface area contributed by atoms with Gasteiger partial charge in [0.05, 0.1) is 25.6 Å². The molecule has 3 aromatic rings. The number of anilines is 2. The number of carbonyl (C=O) groups excluding carboxylic acids is 2. The van der Waals surface area contributed by atoms with Crippen molar-refractivity contribution in [3.63, 3.8) is 0 Å². The summed E-state index contributed by atoms with van der Waals surface area (Å²) in [4.78, 5) is 44.1. The summed E-state index contributed by atoms with van der Waals surface area (Å²) in [6.07, 6.45) is 4.14. The number of aromatic nitrogens is 1. The average molecular weight is 571 g/mol. The Labute approximate surface area is 246 Å². The van der Waals surface area contributed by atoms with Gasteiger partial charge >= 0.3 is 0 Å². The number of amides is 2. The largest absolute Gasteiger partial charge is 0.497 e. The fraction of sp³-hybridized carbons (Fsp3) is 0.424. The van der Waals surface area contributed by atoms with Crippen molar-refractivity contribution in [3.05, 3.63) is 81.8 Å². The van der Waals surface area contributed by atoms with Crippen molar-refractivity contribution in [1.29, 1.82) is 0 Å². The minimum Gasteiger partial charge on any atom is -0.497 e. The average Bonchev–Trinajstić information content (AvgIpc) is 3.01. The molecule has 6 rings (SSSR count). The molecule has 0 unspecified atom stereocenters. The summed E-state index contributed by atoms with van der Waals surface area (Å²) >= 11 is 0. The van der Waals surface area contributed by atoms with E-state index >= 15 is 0 Å². The van der Waals surface area contributed by atoms with Crippen LogP contribution in [0.25, 0.3) is 0 Å². The highest BCUT2D eigenvalue weighted by molar-refractivity contribution is 6.07. The number of ether oxygens (including phenoxy) is 2. The Morgan fingerprint density at radius 3 is 2.43 bits per heavy atom. The van der Waals surface area contributed by atoms with E-state index in [9.17, 15) is 14.4 Å². The lowest BCUT2D eigenvalue weighted by Crippen LogP contribution is -2.47. The van der Waals surface area contributed by atoms with Gasteiger partial charge in [0, 0.05) is 67.1 Å². The van der Waals surface area contributed by atoms with Crippen LogP contribution in [0.2, 0.25) is 0 Å². The predicted molar refractivity (Wildman–Crippen MR) is 162 cm³/mol. The topological polar surface area (TPSA) is 93.1 Å². The number of piperidine rings is 2. The lowest BCUT2D eigenvalue weighted by Gasteiger charge is -2.44. The van der Waals surface area contributed by atoms with Crippen molar-refractivity contribution < 1.29 is 19.1 Å². The number of pyridine rings is 1. The SMILES string of the molecule is COc1cc(OC)cc(C(=O)Nc2cc(C(=O)N3CCCC[C@H]3C)ccc2N2C[C@H]3C[C@@H](C2)c2cccc(=O)n2C3)c1. The Kier molecular flexibility index (Phi) is 7.66. The van der Waals surface area contributed by atoms with E-state index in [-0.39, 0.29) is 29.3 Å². The molecule has 1 aromatic heterocycles. The summed E-state index contributed by atoms with van der Waals surface area (Å²) < 4.78 is 12.7. The quantitative estimate of drug-likeness (QED) is 0.460. The molecule has 2 bridgehead atoms. The van der Waals surface area contributed by atoms with Crippen LogP contribution in [-0.2, 0) is 6.54 Å². The van der Waals surface area contributed by atoms with Gasteiger partial charge in [-0.05, 0) is 74.9 Å². The number of methoxy groups -OCH3 is 2. The van der Waals surface area contributed by atoms with Crippen molar-refractivity contribution >= 4 is 23.2 Å². The molecule has 220 valence electrons. The standard InChI is InChI=1S/C33H38N4O5/c1-21-7-4-5-12-36(21)33(40)23-10-11-30(28(16-23)34-32(39)24-14-26(41-2)17-27(15-24)42-3)35-18-22-13-25(20-35)29-8-6-9-31(38)37(29)19-22/h6,8-11,14-17,21-22,25H,4-5,7,12-13,18-20H2,1-3H3,(H,34,39)/t21-,22-,25+/m1/s1. The predicted octanol–water partition coefficient (Wildman–Crippen LogP) is 4.76. The number of hydrogen-bond acceptors (Lipinski definition) is 6. The summed E-state index contributed by atoms with van der Waals surface area (Å²) in [7, 11) is 3.09. The van der Waals surface area contributed by atoms with Gasteiger partial charge in [-0.2, -0.15) is 0 Å². The Balaban J connectivity index is 1.35. The lowest BCUT2D eigenvalue weighted by molar-refractivity contribution is 0.0635. The highest BCUT2D eigenvalue weighted by Gasteiger charge is 2.35. The number of nitrogens with one attached hydrogen (secondary N) is 1. The molecule has 3 atom stereocenters. The second-order valence-corrected chi connectivity index (χ2v) is 11.7. The fourth-order valence-electron chi connectivity index (χ4n) is 6.84. The first-order valence-corrected chi connectivity index (χ1v) is 14.8. The molecule has 2 fully saturated rings. The molecule has 4 heterocycles. The number of fused-ring (bicyclic) bond motifs is 4. The van der Waals surface area contributed by atoms with Crippen LogP contribution in [0.1, 0.15) is 64.9 Å². The van der Waals surface area contributed by atoms with Crippen LogP contribution in [0, 0.1) is 5.92 Å². The second kappa shape index (κ2) is 11.5. The Morgan fingerprint density at radius 1 is 0.905 bits per heavy atom. The van der Waals surface area contributed by atoms with Crippen molar-refractivity contribution in [2.45, 2.75) is 51.1 Å². The van der Waals surface area contributed by atoms with Gasteiger partial charge < -0.3 is 29.2 Å². The number of hydrogen-bond donors (Lipinski definition) is 1. The maximum Gasteiger partial charge on any atom is 0.255 e. The summed E-state index contributed by atoms with van der Waals surface area (Å²) in [5.41, 5.74) is 3.50. The van der Waals surface area contributed by atoms with E-state index < -0.39 is 0 Å². The first-order valence-electron chi connectivity index (χ1n) is 14.8. The number of carbonyl (C=O) groups is 2. The van der Waals surface area contributed by atoms with Crippen LogP contribution >= 0.6 is 0 Å². The molecule has 0 aliphatic carbocycles. The van der Waals surface area contributed by atoms with Crippen molar-refractivity contribution in [3.8, 4) is 11.5 Å². The number of benzene rings is 2. The Morgan fingerprint density at radius 2 is 1.69 bits per heavy atom. The maximum absolute atomic E-state index is 13.6. The van der Waals surface area contributed by atoms with Crippen LogP contribution in [0.3, 0.4) is 0 Å². The third-order valence-corrected chi connectivity index (χ3v) is 8.99. The summed E-state index contributed by atoms with van der Waals surface area (Å²) in [5.74, 6) is 1.20. The summed E-state index contributed by atoms with van der Waals surface area (Å²) in [6, 6.07) is 16.4. The Hall–Kier alpha value is -4.27. The van der Waals surface area contributed by atoms with Crippen LogP contribution < -0.4 is 25.2 Å². The van der Waals surface area contributed by atoms with Gasteiger partial charge in [-0.25, -0.2) is 0 Å². The van der Waals surface area contributed by atoms with E-state index in [4.69, 9.17) is 9.47 Å². The second-order valence-electron chi connectivity index (χ2n) is 11.7. The van der Waals surface area contributed by atoms with Crippen molar-refractivity contribution in [2.75, 3.05) is 44.1 Å². The smallest absolute Gasteiger partial charge is 0.255 e. The first-order chi connectivity index (χ1) is 20.3. The van der Waals surface area contributed by atoms with E-state index in [1.54, 1.807) is 38.5 Å². The highest BCUT2D eigenvalue weighted by Crippen LogP contribution is 2.40. The monoisotopic (exact) mass is 570 g/mol. The van der Waals surface area contributed by atoms with Gasteiger partial charge in [-0.3, -0.25) is 14.4 Å². The van der Waals surface area contributed by atoms with Gasteiger partial charge in [-0.1, -0.05) is 6.07 Å². The molecular weight excluding hydrogens is 532 g/mol. The van der Waals surface area contributed by atoms with Crippen LogP contribution in [-0.4, -0.2) is 61.2 Å². The normalized spacial score (nSPS) is 21.4. The molecule has 42 heavy (non-hydrogen) atoms. The molecule has 2 aromatic carbocycles. The minimum absolute atomic E-state index is 0.0175. The number of rotatable bonds is 6. The molecule has 3 aliphatic heterocycles. The van der Waals surface area contributed by atoms with Crippen molar-refractivity contribution in [1.82, 2.24) is 9.47 Å². The van der Waals surface area contributed by atoms with Crippen LogP contribution in [0.15, 0.2) is 59.4 Å². The molecule has 2 saturated heterocycles. The van der Waals surface area contributed by atoms with Crippen LogP contribution in [0.5, 0.6) is 11.5 Å². The maximum atomic E-state index is 13.6. The zero-order valence-electron chi connectivity index (χ0n) is 24.5. The minimum atomic E-state index is -0.321. The van der Waals surface area contributed by atoms with E-state index in [0.717, 1.165) is 50.2 Å². The van der Waals surface area contributed by atoms with E-state index in [1.165, 1.54) is 0 Å². The molecular formula is C33H38N4O5. The van der Waals surface area contributed by atoms with Gasteiger partial charge in [0.25, 0.3) is 17.4 Å². The molecule has 9 heteroatoms. The number of nitrogens with zero attached hydrogens (tertiary/aromatic N) is 3. The zero-order chi connectivity index (χ0) is 29.4.